The third-order valence-electron chi connectivity index (χ3n) is 7.51. The van der Waals surface area contributed by atoms with Crippen LogP contribution >= 0.6 is 11.6 Å². The molecule has 1 aromatic heterocycles. The summed E-state index contributed by atoms with van der Waals surface area (Å²) < 4.78 is 0. The number of rotatable bonds is 4. The Hall–Kier alpha value is -3.43. The Morgan fingerprint density at radius 3 is 2.31 bits per heavy atom. The van der Waals surface area contributed by atoms with E-state index in [9.17, 15) is 9.59 Å². The number of piperazine rings is 1. The van der Waals surface area contributed by atoms with Crippen LogP contribution in [0.5, 0.6) is 0 Å². The number of hydrogen-bond acceptors (Lipinski definition) is 3. The first-order valence-electron chi connectivity index (χ1n) is 12.1. The van der Waals surface area contributed by atoms with E-state index in [-0.39, 0.29) is 23.3 Å². The topological polar surface area (TPSA) is 57.9 Å². The van der Waals surface area contributed by atoms with Crippen LogP contribution in [0.15, 0.2) is 48.7 Å². The van der Waals surface area contributed by atoms with Gasteiger partial charge in [-0.1, -0.05) is 35.9 Å². The Morgan fingerprint density at radius 2 is 1.69 bits per heavy atom. The molecule has 0 spiro atoms. The van der Waals surface area contributed by atoms with Crippen molar-refractivity contribution >= 4 is 34.3 Å². The van der Waals surface area contributed by atoms with Crippen LogP contribution in [0.2, 0.25) is 5.02 Å². The number of nitrogens with zero attached hydrogens (tertiary/aromatic N) is 4. The van der Waals surface area contributed by atoms with Gasteiger partial charge in [-0.2, -0.15) is 0 Å². The second-order valence-electron chi connectivity index (χ2n) is 9.82. The molecule has 3 aliphatic rings. The molecule has 0 atom stereocenters. The van der Waals surface area contributed by atoms with Crippen LogP contribution in [-0.2, 0) is 10.3 Å². The van der Waals surface area contributed by atoms with E-state index in [0.29, 0.717) is 36.8 Å². The summed E-state index contributed by atoms with van der Waals surface area (Å²) >= 11 is 6.35. The lowest BCUT2D eigenvalue weighted by Gasteiger charge is -2.35. The van der Waals surface area contributed by atoms with Crippen LogP contribution in [0.3, 0.4) is 0 Å². The van der Waals surface area contributed by atoms with Gasteiger partial charge in [-0.05, 0) is 36.6 Å². The minimum atomic E-state index is -0.377. The van der Waals surface area contributed by atoms with Gasteiger partial charge in [0.15, 0.2) is 0 Å². The molecular formula is C28H25ClN4O2. The summed E-state index contributed by atoms with van der Waals surface area (Å²) in [5, 5.41) is 1.41. The molecule has 0 bridgehead atoms. The third kappa shape index (κ3) is 3.94. The summed E-state index contributed by atoms with van der Waals surface area (Å²) in [6, 6.07) is 13.5. The highest BCUT2D eigenvalue weighted by Gasteiger charge is 2.52. The summed E-state index contributed by atoms with van der Waals surface area (Å²) in [6.07, 6.45) is 5.42. The first-order valence-corrected chi connectivity index (χ1v) is 12.5. The molecule has 7 heteroatoms. The van der Waals surface area contributed by atoms with Crippen molar-refractivity contribution in [2.45, 2.75) is 31.2 Å². The standard InChI is InChI=1S/C28H25ClN4O2/c1-30-28(10-11-28)20-6-4-18(5-7-20)25-22-16-21(29)8-9-24(22)31-17-23(25)27(35)33-14-12-32(13-15-33)26(34)19-2-3-19/h4-9,16-17,19H,2-3,10-15H2. The largest absolute Gasteiger partial charge is 0.339 e. The van der Waals surface area contributed by atoms with Gasteiger partial charge in [-0.15, -0.1) is 0 Å². The van der Waals surface area contributed by atoms with Crippen molar-refractivity contribution in [1.29, 1.82) is 0 Å². The Morgan fingerprint density at radius 1 is 1.00 bits per heavy atom. The highest BCUT2D eigenvalue weighted by molar-refractivity contribution is 6.31. The van der Waals surface area contributed by atoms with Gasteiger partial charge in [-0.3, -0.25) is 14.6 Å². The van der Waals surface area contributed by atoms with Crippen LogP contribution in [0.25, 0.3) is 26.9 Å². The highest BCUT2D eigenvalue weighted by atomic mass is 35.5. The van der Waals surface area contributed by atoms with Gasteiger partial charge < -0.3 is 14.6 Å². The van der Waals surface area contributed by atoms with Gasteiger partial charge in [-0.25, -0.2) is 6.57 Å². The molecule has 0 unspecified atom stereocenters. The van der Waals surface area contributed by atoms with E-state index in [2.05, 4.69) is 9.83 Å². The zero-order chi connectivity index (χ0) is 24.2. The van der Waals surface area contributed by atoms with Crippen LogP contribution in [0, 0.1) is 12.5 Å². The second-order valence-corrected chi connectivity index (χ2v) is 10.3. The van der Waals surface area contributed by atoms with E-state index in [1.54, 1.807) is 12.3 Å². The molecular weight excluding hydrogens is 460 g/mol. The van der Waals surface area contributed by atoms with E-state index >= 15 is 0 Å². The third-order valence-corrected chi connectivity index (χ3v) is 7.75. The Balaban J connectivity index is 1.35. The molecule has 6 rings (SSSR count). The number of carbonyl (C=O) groups is 2. The van der Waals surface area contributed by atoms with Gasteiger partial charge in [0.05, 0.1) is 11.1 Å². The molecule has 1 aliphatic heterocycles. The van der Waals surface area contributed by atoms with E-state index in [4.69, 9.17) is 18.2 Å². The highest BCUT2D eigenvalue weighted by Crippen LogP contribution is 2.50. The number of aromatic nitrogens is 1. The van der Waals surface area contributed by atoms with Crippen molar-refractivity contribution in [2.24, 2.45) is 5.92 Å². The molecule has 176 valence electrons. The number of halogens is 1. The molecule has 35 heavy (non-hydrogen) atoms. The normalized spacial score (nSPS) is 18.9. The van der Waals surface area contributed by atoms with E-state index < -0.39 is 0 Å². The van der Waals surface area contributed by atoms with Crippen molar-refractivity contribution in [3.05, 3.63) is 76.2 Å². The van der Waals surface area contributed by atoms with Crippen molar-refractivity contribution in [2.75, 3.05) is 26.2 Å². The van der Waals surface area contributed by atoms with Gasteiger partial charge in [0.2, 0.25) is 5.91 Å². The fraction of sp³-hybridized carbons (Fsp3) is 0.357. The maximum absolute atomic E-state index is 13.7. The molecule has 2 aliphatic carbocycles. The van der Waals surface area contributed by atoms with Crippen molar-refractivity contribution in [3.63, 3.8) is 0 Å². The fourth-order valence-electron chi connectivity index (χ4n) is 5.06. The predicted octanol–water partition coefficient (Wildman–Crippen LogP) is 5.16. The molecule has 2 amide bonds. The van der Waals surface area contributed by atoms with Gasteiger partial charge in [0.1, 0.15) is 0 Å². The first-order chi connectivity index (χ1) is 17.0. The zero-order valence-electron chi connectivity index (χ0n) is 19.3. The number of pyridine rings is 1. The minimum absolute atomic E-state index is 0.0863. The minimum Gasteiger partial charge on any atom is -0.339 e. The van der Waals surface area contributed by atoms with Crippen molar-refractivity contribution < 1.29 is 9.59 Å². The monoisotopic (exact) mass is 484 g/mol. The van der Waals surface area contributed by atoms with Gasteiger partial charge >= 0.3 is 0 Å². The summed E-state index contributed by atoms with van der Waals surface area (Å²) in [5.41, 5.74) is 3.65. The molecule has 2 heterocycles. The number of benzene rings is 2. The number of hydrogen-bond donors (Lipinski definition) is 0. The van der Waals surface area contributed by atoms with E-state index in [1.165, 1.54) is 0 Å². The molecule has 2 aromatic carbocycles. The summed E-state index contributed by atoms with van der Waals surface area (Å²) in [4.78, 5) is 38.3. The Kier molecular flexibility index (Phi) is 5.26. The van der Waals surface area contributed by atoms with Crippen molar-refractivity contribution in [3.8, 4) is 11.1 Å². The summed E-state index contributed by atoms with van der Waals surface area (Å²) in [7, 11) is 0. The summed E-state index contributed by atoms with van der Waals surface area (Å²) in [6.45, 7) is 9.71. The smallest absolute Gasteiger partial charge is 0.258 e. The fourth-order valence-corrected chi connectivity index (χ4v) is 5.23. The molecule has 2 saturated carbocycles. The van der Waals surface area contributed by atoms with Crippen LogP contribution in [0.1, 0.15) is 41.6 Å². The Bertz CT molecular complexity index is 1380. The quantitative estimate of drug-likeness (QED) is 0.481. The zero-order valence-corrected chi connectivity index (χ0v) is 20.1. The average Bonchev–Trinajstić information content (AvgIpc) is 3.82. The van der Waals surface area contributed by atoms with Crippen LogP contribution < -0.4 is 0 Å². The van der Waals surface area contributed by atoms with Crippen LogP contribution in [0.4, 0.5) is 0 Å². The van der Waals surface area contributed by atoms with Gasteiger partial charge in [0, 0.05) is 72.7 Å². The maximum atomic E-state index is 13.7. The molecule has 0 N–H and O–H groups in total. The number of fused-ring (bicyclic) bond motifs is 1. The van der Waals surface area contributed by atoms with Crippen LogP contribution in [-0.4, -0.2) is 52.8 Å². The summed E-state index contributed by atoms with van der Waals surface area (Å²) in [5.74, 6) is 0.337. The lowest BCUT2D eigenvalue weighted by atomic mass is 9.93. The lowest BCUT2D eigenvalue weighted by molar-refractivity contribution is -0.134. The lowest BCUT2D eigenvalue weighted by Crippen LogP contribution is -2.51. The maximum Gasteiger partial charge on any atom is 0.258 e. The molecule has 0 radical (unpaired) electrons. The average molecular weight is 485 g/mol. The first kappa shape index (κ1) is 22.1. The van der Waals surface area contributed by atoms with E-state index in [0.717, 1.165) is 53.3 Å². The molecule has 3 fully saturated rings. The van der Waals surface area contributed by atoms with E-state index in [1.807, 2.05) is 46.2 Å². The predicted molar refractivity (Wildman–Crippen MR) is 135 cm³/mol. The molecule has 3 aromatic rings. The molecule has 6 nitrogen and oxygen atoms in total. The van der Waals surface area contributed by atoms with Crippen molar-refractivity contribution in [1.82, 2.24) is 14.8 Å². The number of carbonyl (C=O) groups excluding carboxylic acids is 2. The number of amides is 2. The SMILES string of the molecule is [C-]#[N+]C1(c2ccc(-c3c(C(=O)N4CCN(C(=O)C5CC5)CC4)cnc4ccc(Cl)cc34)cc2)CC1. The van der Waals surface area contributed by atoms with Gasteiger partial charge in [0.25, 0.3) is 11.4 Å². The second kappa shape index (κ2) is 8.35. The Labute approximate surface area is 209 Å². The molecule has 1 saturated heterocycles.